The number of hydrogen-bond acceptors (Lipinski definition) is 5. The molecule has 5 heteroatoms. The van der Waals surface area contributed by atoms with Gasteiger partial charge in [0.1, 0.15) is 0 Å². The first-order valence-corrected chi connectivity index (χ1v) is 6.56. The lowest BCUT2D eigenvalue weighted by Crippen LogP contribution is -2.30. The molecule has 108 valence electrons. The molecule has 0 radical (unpaired) electrons. The van der Waals surface area contributed by atoms with Gasteiger partial charge in [0.05, 0.1) is 25.7 Å². The van der Waals surface area contributed by atoms with Crippen molar-refractivity contribution < 1.29 is 14.6 Å². The van der Waals surface area contributed by atoms with Crippen LogP contribution in [0.5, 0.6) is 0 Å². The van der Waals surface area contributed by atoms with E-state index in [9.17, 15) is 10.2 Å². The first-order valence-electron chi connectivity index (χ1n) is 6.56. The largest absolute Gasteiger partial charge is 0.472 e. The molecule has 0 saturated carbocycles. The number of aryl methyl sites for hydroxylation is 1. The van der Waals surface area contributed by atoms with E-state index in [1.54, 1.807) is 12.5 Å². The predicted octanol–water partition coefficient (Wildman–Crippen LogP) is 1.63. The third-order valence-corrected chi connectivity index (χ3v) is 3.30. The van der Waals surface area contributed by atoms with Crippen LogP contribution in [0.1, 0.15) is 5.56 Å². The second kappa shape index (κ2) is 6.45. The average Bonchev–Trinajstić information content (AvgIpc) is 2.95. The van der Waals surface area contributed by atoms with Gasteiger partial charge in [0.15, 0.2) is 0 Å². The summed E-state index contributed by atoms with van der Waals surface area (Å²) in [6, 6.07) is 5.74. The number of nitrogens with zero attached hydrogens (tertiary/aromatic N) is 1. The second-order valence-electron chi connectivity index (χ2n) is 4.67. The monoisotopic (exact) mass is 276 g/mol. The summed E-state index contributed by atoms with van der Waals surface area (Å²) in [4.78, 5) is 1.94. The van der Waals surface area contributed by atoms with E-state index in [0.29, 0.717) is 18.8 Å². The van der Waals surface area contributed by atoms with E-state index < -0.39 is 0 Å². The van der Waals surface area contributed by atoms with Crippen LogP contribution in [0, 0.1) is 6.92 Å². The van der Waals surface area contributed by atoms with Crippen LogP contribution in [0.4, 0.5) is 11.4 Å². The first kappa shape index (κ1) is 14.4. The molecule has 5 nitrogen and oxygen atoms in total. The summed E-state index contributed by atoms with van der Waals surface area (Å²) >= 11 is 0. The number of aliphatic hydroxyl groups excluding tert-OH is 2. The molecular weight excluding hydrogens is 256 g/mol. The van der Waals surface area contributed by atoms with Gasteiger partial charge in [-0.2, -0.15) is 0 Å². The summed E-state index contributed by atoms with van der Waals surface area (Å²) in [6.45, 7) is 2.89. The van der Waals surface area contributed by atoms with Gasteiger partial charge in [-0.1, -0.05) is 0 Å². The number of benzene rings is 1. The van der Waals surface area contributed by atoms with Gasteiger partial charge >= 0.3 is 0 Å². The van der Waals surface area contributed by atoms with Crippen LogP contribution in [0.3, 0.4) is 0 Å². The number of aliphatic hydroxyl groups is 2. The van der Waals surface area contributed by atoms with Crippen LogP contribution in [0.15, 0.2) is 35.1 Å². The first-order chi connectivity index (χ1) is 9.67. The number of hydrogen-bond donors (Lipinski definition) is 3. The second-order valence-corrected chi connectivity index (χ2v) is 4.67. The highest BCUT2D eigenvalue weighted by Gasteiger charge is 2.15. The molecule has 1 heterocycles. The molecule has 1 aromatic carbocycles. The Morgan fingerprint density at radius 3 is 2.45 bits per heavy atom. The molecule has 1 aromatic heterocycles. The van der Waals surface area contributed by atoms with Crippen LogP contribution >= 0.6 is 0 Å². The number of rotatable bonds is 6. The zero-order chi connectivity index (χ0) is 14.5. The van der Waals surface area contributed by atoms with Crippen LogP contribution in [0.2, 0.25) is 0 Å². The highest BCUT2D eigenvalue weighted by atomic mass is 16.3. The standard InChI is InChI=1S/C15H20N2O3/c1-11-8-15(17(3-5-18)4-6-19)13(9-14(11)16)12-2-7-20-10-12/h2,7-10,18-19H,3-6,16H2,1H3. The predicted molar refractivity (Wildman–Crippen MR) is 79.7 cm³/mol. The van der Waals surface area contributed by atoms with E-state index in [-0.39, 0.29) is 13.2 Å². The smallest absolute Gasteiger partial charge is 0.0981 e. The molecule has 0 aliphatic rings. The van der Waals surface area contributed by atoms with Gasteiger partial charge in [0.25, 0.3) is 0 Å². The normalized spacial score (nSPS) is 10.8. The summed E-state index contributed by atoms with van der Waals surface area (Å²) in [5, 5.41) is 18.4. The fourth-order valence-corrected chi connectivity index (χ4v) is 2.21. The summed E-state index contributed by atoms with van der Waals surface area (Å²) in [7, 11) is 0. The summed E-state index contributed by atoms with van der Waals surface area (Å²) in [5.74, 6) is 0. The number of nitrogens with two attached hydrogens (primary N) is 1. The third kappa shape index (κ3) is 2.95. The molecule has 0 aliphatic heterocycles. The van der Waals surface area contributed by atoms with Gasteiger partial charge in [0, 0.05) is 35.6 Å². The molecule has 2 rings (SSSR count). The van der Waals surface area contributed by atoms with Gasteiger partial charge in [-0.25, -0.2) is 0 Å². The topological polar surface area (TPSA) is 82.9 Å². The van der Waals surface area contributed by atoms with Crippen molar-refractivity contribution in [1.29, 1.82) is 0 Å². The van der Waals surface area contributed by atoms with Crippen molar-refractivity contribution >= 4 is 11.4 Å². The number of nitrogen functional groups attached to an aromatic ring is 1. The van der Waals surface area contributed by atoms with E-state index in [1.165, 1.54) is 0 Å². The number of furan rings is 1. The third-order valence-electron chi connectivity index (χ3n) is 3.30. The van der Waals surface area contributed by atoms with Crippen molar-refractivity contribution in [2.75, 3.05) is 36.9 Å². The van der Waals surface area contributed by atoms with Crippen LogP contribution in [0.25, 0.3) is 11.1 Å². The Morgan fingerprint density at radius 1 is 1.20 bits per heavy atom. The lowest BCUT2D eigenvalue weighted by Gasteiger charge is -2.26. The Hall–Kier alpha value is -1.98. The molecule has 0 spiro atoms. The van der Waals surface area contributed by atoms with Gasteiger partial charge in [-0.15, -0.1) is 0 Å². The molecule has 0 bridgehead atoms. The van der Waals surface area contributed by atoms with Crippen molar-refractivity contribution in [3.05, 3.63) is 36.3 Å². The highest BCUT2D eigenvalue weighted by Crippen LogP contribution is 2.34. The van der Waals surface area contributed by atoms with Crippen molar-refractivity contribution in [3.8, 4) is 11.1 Å². The van der Waals surface area contributed by atoms with E-state index in [1.807, 2.05) is 30.0 Å². The Bertz CT molecular complexity index is 546. The molecule has 0 fully saturated rings. The Balaban J connectivity index is 2.51. The lowest BCUT2D eigenvalue weighted by atomic mass is 10.0. The fraction of sp³-hybridized carbons (Fsp3) is 0.333. The molecular formula is C15H20N2O3. The molecule has 20 heavy (non-hydrogen) atoms. The van der Waals surface area contributed by atoms with E-state index in [4.69, 9.17) is 10.2 Å². The Labute approximate surface area is 118 Å². The molecule has 0 saturated heterocycles. The maximum atomic E-state index is 9.20. The minimum atomic E-state index is 0.0221. The van der Waals surface area contributed by atoms with Crippen molar-refractivity contribution in [1.82, 2.24) is 0 Å². The van der Waals surface area contributed by atoms with Gasteiger partial charge in [-0.05, 0) is 30.7 Å². The molecule has 0 unspecified atom stereocenters. The Kier molecular flexibility index (Phi) is 4.65. The van der Waals surface area contributed by atoms with E-state index in [2.05, 4.69) is 0 Å². The summed E-state index contributed by atoms with van der Waals surface area (Å²) < 4.78 is 5.14. The van der Waals surface area contributed by atoms with Crippen molar-refractivity contribution in [2.24, 2.45) is 0 Å². The molecule has 0 amide bonds. The van der Waals surface area contributed by atoms with E-state index in [0.717, 1.165) is 22.4 Å². The zero-order valence-corrected chi connectivity index (χ0v) is 11.5. The average molecular weight is 276 g/mol. The maximum Gasteiger partial charge on any atom is 0.0981 e. The lowest BCUT2D eigenvalue weighted by molar-refractivity contribution is 0.281. The number of anilines is 2. The van der Waals surface area contributed by atoms with Gasteiger partial charge in [-0.3, -0.25) is 0 Å². The summed E-state index contributed by atoms with van der Waals surface area (Å²) in [5.41, 5.74) is 10.5. The summed E-state index contributed by atoms with van der Waals surface area (Å²) in [6.07, 6.45) is 3.27. The minimum absolute atomic E-state index is 0.0221. The van der Waals surface area contributed by atoms with Gasteiger partial charge < -0.3 is 25.3 Å². The molecule has 0 aliphatic carbocycles. The molecule has 0 atom stereocenters. The fourth-order valence-electron chi connectivity index (χ4n) is 2.21. The molecule has 4 N–H and O–H groups in total. The highest BCUT2D eigenvalue weighted by molar-refractivity contribution is 5.82. The zero-order valence-electron chi connectivity index (χ0n) is 11.5. The van der Waals surface area contributed by atoms with Crippen molar-refractivity contribution in [2.45, 2.75) is 6.92 Å². The van der Waals surface area contributed by atoms with E-state index >= 15 is 0 Å². The Morgan fingerprint density at radius 2 is 1.90 bits per heavy atom. The van der Waals surface area contributed by atoms with Crippen molar-refractivity contribution in [3.63, 3.8) is 0 Å². The molecule has 2 aromatic rings. The van der Waals surface area contributed by atoms with Crippen LogP contribution in [-0.4, -0.2) is 36.5 Å². The quantitative estimate of drug-likeness (QED) is 0.698. The van der Waals surface area contributed by atoms with Crippen LogP contribution < -0.4 is 10.6 Å². The maximum absolute atomic E-state index is 9.20. The van der Waals surface area contributed by atoms with Crippen LogP contribution in [-0.2, 0) is 0 Å². The SMILES string of the molecule is Cc1cc(N(CCO)CCO)c(-c2ccoc2)cc1N. The minimum Gasteiger partial charge on any atom is -0.472 e. The van der Waals surface area contributed by atoms with Gasteiger partial charge in [0.2, 0.25) is 0 Å².